The van der Waals surface area contributed by atoms with Crippen LogP contribution in [0.3, 0.4) is 0 Å². The molecule has 10 nitrogen and oxygen atoms in total. The number of nitro benzene ring substituents is 1. The van der Waals surface area contributed by atoms with Gasteiger partial charge in [-0.2, -0.15) is 0 Å². The minimum absolute atomic E-state index is 0.120. The Morgan fingerprint density at radius 1 is 1.39 bits per heavy atom. The fourth-order valence-corrected chi connectivity index (χ4v) is 3.54. The van der Waals surface area contributed by atoms with Crippen molar-refractivity contribution in [3.8, 4) is 0 Å². The molecule has 0 atom stereocenters. The second-order valence-corrected chi connectivity index (χ2v) is 6.94. The van der Waals surface area contributed by atoms with Crippen LogP contribution in [-0.4, -0.2) is 36.9 Å². The smallest absolute Gasteiger partial charge is 0.350 e. The number of ketones is 1. The van der Waals surface area contributed by atoms with Gasteiger partial charge in [0, 0.05) is 37.3 Å². The van der Waals surface area contributed by atoms with Gasteiger partial charge in [0.2, 0.25) is 5.16 Å². The van der Waals surface area contributed by atoms with Crippen molar-refractivity contribution in [3.05, 3.63) is 51.3 Å². The molecule has 2 aromatic rings. The first-order valence-corrected chi connectivity index (χ1v) is 9.58. The Morgan fingerprint density at radius 3 is 2.93 bits per heavy atom. The molecule has 0 saturated carbocycles. The normalized spacial score (nSPS) is 13.9. The molecule has 1 heterocycles. The Morgan fingerprint density at radius 2 is 2.21 bits per heavy atom. The van der Waals surface area contributed by atoms with Crippen LogP contribution in [0.1, 0.15) is 42.1 Å². The lowest BCUT2D eigenvalue weighted by atomic mass is 10.1. The van der Waals surface area contributed by atoms with E-state index in [9.17, 15) is 19.7 Å². The second kappa shape index (κ2) is 8.74. The van der Waals surface area contributed by atoms with Crippen molar-refractivity contribution >= 4 is 29.2 Å². The zero-order valence-electron chi connectivity index (χ0n) is 15.0. The number of carbonyl (C=O) groups excluding carboxylic acids is 2. The van der Waals surface area contributed by atoms with E-state index in [-0.39, 0.29) is 22.8 Å². The number of hydrogen-bond donors (Lipinski definition) is 0. The van der Waals surface area contributed by atoms with Crippen LogP contribution in [0.25, 0.3) is 0 Å². The number of aryl methyl sites for hydroxylation is 1. The number of hydrogen-bond acceptors (Lipinski definition) is 9. The van der Waals surface area contributed by atoms with Gasteiger partial charge in [-0.1, -0.05) is 17.8 Å². The van der Waals surface area contributed by atoms with Crippen molar-refractivity contribution < 1.29 is 19.2 Å². The quantitative estimate of drug-likeness (QED) is 0.296. The molecule has 1 aromatic carbocycles. The predicted molar refractivity (Wildman–Crippen MR) is 98.5 cm³/mol. The highest BCUT2D eigenvalue weighted by Gasteiger charge is 2.24. The van der Waals surface area contributed by atoms with Gasteiger partial charge in [0.1, 0.15) is 11.3 Å². The van der Waals surface area contributed by atoms with Gasteiger partial charge in [0.05, 0.1) is 4.92 Å². The summed E-state index contributed by atoms with van der Waals surface area (Å²) in [4.78, 5) is 34.6. The molecule has 0 N–H and O–H groups in total. The highest BCUT2D eigenvalue weighted by molar-refractivity contribution is 7.98. The molecule has 0 bridgehead atoms. The van der Waals surface area contributed by atoms with Crippen LogP contribution in [0.15, 0.2) is 35.2 Å². The number of carbonyl (C=O) groups is 2. The monoisotopic (exact) mass is 403 g/mol. The summed E-state index contributed by atoms with van der Waals surface area (Å²) in [5.41, 5.74) is 0.142. The SMILES string of the molecule is CCn1nnnc1SCc1ccc(C(=O)OC2=CC(=O)CCC2)c([N+](=O)[O-])c1. The van der Waals surface area contributed by atoms with Gasteiger partial charge in [-0.15, -0.1) is 5.10 Å². The summed E-state index contributed by atoms with van der Waals surface area (Å²) >= 11 is 1.34. The van der Waals surface area contributed by atoms with Crippen molar-refractivity contribution in [1.82, 2.24) is 20.2 Å². The Kier molecular flexibility index (Phi) is 6.14. The van der Waals surface area contributed by atoms with Crippen LogP contribution >= 0.6 is 11.8 Å². The molecular weight excluding hydrogens is 386 g/mol. The zero-order chi connectivity index (χ0) is 20.1. The van der Waals surface area contributed by atoms with Gasteiger partial charge in [-0.05, 0) is 35.4 Å². The van der Waals surface area contributed by atoms with E-state index in [1.54, 1.807) is 10.7 Å². The first-order chi connectivity index (χ1) is 13.5. The number of esters is 1. The molecule has 0 aliphatic heterocycles. The molecule has 0 radical (unpaired) electrons. The average molecular weight is 403 g/mol. The van der Waals surface area contributed by atoms with Crippen LogP contribution in [0, 0.1) is 10.1 Å². The number of tetrazole rings is 1. The molecule has 0 fully saturated rings. The van der Waals surface area contributed by atoms with Crippen molar-refractivity contribution in [2.45, 2.75) is 43.6 Å². The average Bonchev–Trinajstić information content (AvgIpc) is 3.13. The molecule has 0 amide bonds. The van der Waals surface area contributed by atoms with Crippen LogP contribution in [0.2, 0.25) is 0 Å². The minimum Gasteiger partial charge on any atom is -0.427 e. The fourth-order valence-electron chi connectivity index (χ4n) is 2.65. The van der Waals surface area contributed by atoms with E-state index in [1.165, 1.54) is 30.0 Å². The van der Waals surface area contributed by atoms with Gasteiger partial charge in [0.25, 0.3) is 5.69 Å². The third kappa shape index (κ3) is 4.60. The number of ether oxygens (including phenoxy) is 1. The Balaban J connectivity index is 1.76. The highest BCUT2D eigenvalue weighted by atomic mass is 32.2. The summed E-state index contributed by atoms with van der Waals surface area (Å²) < 4.78 is 6.80. The molecule has 1 aliphatic rings. The van der Waals surface area contributed by atoms with Crippen molar-refractivity contribution in [2.24, 2.45) is 0 Å². The van der Waals surface area contributed by atoms with E-state index in [4.69, 9.17) is 4.74 Å². The van der Waals surface area contributed by atoms with Gasteiger partial charge in [0.15, 0.2) is 5.78 Å². The number of nitro groups is 1. The number of allylic oxidation sites excluding steroid dienone is 2. The summed E-state index contributed by atoms with van der Waals surface area (Å²) in [5.74, 6) is -0.329. The van der Waals surface area contributed by atoms with Crippen LogP contribution in [0.4, 0.5) is 5.69 Å². The number of thioether (sulfide) groups is 1. The molecule has 0 unspecified atom stereocenters. The summed E-state index contributed by atoms with van der Waals surface area (Å²) in [5, 5.41) is 23.4. The first-order valence-electron chi connectivity index (χ1n) is 8.59. The second-order valence-electron chi connectivity index (χ2n) is 5.99. The fraction of sp³-hybridized carbons (Fsp3) is 0.353. The number of nitrogens with zero attached hydrogens (tertiary/aromatic N) is 5. The molecule has 146 valence electrons. The molecular formula is C17H17N5O5S. The van der Waals surface area contributed by atoms with Crippen LogP contribution < -0.4 is 0 Å². The molecule has 3 rings (SSSR count). The van der Waals surface area contributed by atoms with Crippen molar-refractivity contribution in [2.75, 3.05) is 0 Å². The summed E-state index contributed by atoms with van der Waals surface area (Å²) in [6, 6.07) is 4.32. The maximum Gasteiger partial charge on any atom is 0.350 e. The van der Waals surface area contributed by atoms with Gasteiger partial charge in [-0.3, -0.25) is 14.9 Å². The van der Waals surface area contributed by atoms with Gasteiger partial charge in [-0.25, -0.2) is 9.48 Å². The summed E-state index contributed by atoms with van der Waals surface area (Å²) in [6.45, 7) is 2.51. The van der Waals surface area contributed by atoms with E-state index in [2.05, 4.69) is 15.5 Å². The Labute approximate surface area is 164 Å². The third-order valence-electron chi connectivity index (χ3n) is 4.04. The lowest BCUT2D eigenvalue weighted by Gasteiger charge is -2.12. The third-order valence-corrected chi connectivity index (χ3v) is 5.07. The van der Waals surface area contributed by atoms with E-state index in [0.29, 0.717) is 42.3 Å². The van der Waals surface area contributed by atoms with E-state index in [0.717, 1.165) is 0 Å². The standard InChI is InChI=1S/C17H17N5O5S/c1-2-21-17(18-19-20-21)28-10-11-6-7-14(15(8-11)22(25)26)16(24)27-13-5-3-4-12(23)9-13/h6-9H,2-5,10H2,1H3. The van der Waals surface area contributed by atoms with Crippen LogP contribution in [-0.2, 0) is 21.8 Å². The van der Waals surface area contributed by atoms with E-state index in [1.807, 2.05) is 6.92 Å². The van der Waals surface area contributed by atoms with E-state index < -0.39 is 10.9 Å². The van der Waals surface area contributed by atoms with E-state index >= 15 is 0 Å². The molecule has 0 spiro atoms. The van der Waals surface area contributed by atoms with Crippen molar-refractivity contribution in [1.29, 1.82) is 0 Å². The highest BCUT2D eigenvalue weighted by Crippen LogP contribution is 2.27. The largest absolute Gasteiger partial charge is 0.427 e. The Bertz CT molecular complexity index is 955. The zero-order valence-corrected chi connectivity index (χ0v) is 15.8. The lowest BCUT2D eigenvalue weighted by Crippen LogP contribution is -2.12. The van der Waals surface area contributed by atoms with Crippen LogP contribution in [0.5, 0.6) is 0 Å². The minimum atomic E-state index is -0.846. The summed E-state index contributed by atoms with van der Waals surface area (Å²) in [6.07, 6.45) is 2.73. The Hall–Kier alpha value is -3.08. The maximum atomic E-state index is 12.4. The number of rotatable bonds is 7. The lowest BCUT2D eigenvalue weighted by molar-refractivity contribution is -0.385. The predicted octanol–water partition coefficient (Wildman–Crippen LogP) is 2.69. The van der Waals surface area contributed by atoms with Crippen molar-refractivity contribution in [3.63, 3.8) is 0 Å². The maximum absolute atomic E-state index is 12.4. The van der Waals surface area contributed by atoms with Gasteiger partial charge < -0.3 is 4.74 Å². The van der Waals surface area contributed by atoms with Gasteiger partial charge >= 0.3 is 5.97 Å². The molecule has 0 saturated heterocycles. The molecule has 1 aromatic heterocycles. The molecule has 1 aliphatic carbocycles. The molecule has 11 heteroatoms. The molecule has 28 heavy (non-hydrogen) atoms. The number of aromatic nitrogens is 4. The first kappa shape index (κ1) is 19.7. The summed E-state index contributed by atoms with van der Waals surface area (Å²) in [7, 11) is 0. The number of benzene rings is 1. The topological polar surface area (TPSA) is 130 Å².